The topological polar surface area (TPSA) is 98.4 Å². The quantitative estimate of drug-likeness (QED) is 0.470. The van der Waals surface area contributed by atoms with Gasteiger partial charge in [-0.15, -0.1) is 0 Å². The Labute approximate surface area is 208 Å². The van der Waals surface area contributed by atoms with Crippen LogP contribution in [0, 0.1) is 5.82 Å². The molecule has 4 rings (SSSR count). The first-order chi connectivity index (χ1) is 16.8. The van der Waals surface area contributed by atoms with Crippen LogP contribution in [0.5, 0.6) is 0 Å². The summed E-state index contributed by atoms with van der Waals surface area (Å²) in [6.07, 6.45) is 3.93. The molecule has 2 aromatic carbocycles. The third kappa shape index (κ3) is 6.36. The van der Waals surface area contributed by atoms with Crippen LogP contribution in [0.3, 0.4) is 0 Å². The minimum atomic E-state index is -1.37. The molecule has 2 N–H and O–H groups in total. The van der Waals surface area contributed by atoms with E-state index in [0.717, 1.165) is 48.2 Å². The number of carbonyl (C=O) groups excluding carboxylic acids is 1. The second-order valence-electron chi connectivity index (χ2n) is 8.95. The summed E-state index contributed by atoms with van der Waals surface area (Å²) in [7, 11) is 0. The molecule has 0 amide bonds. The van der Waals surface area contributed by atoms with Crippen molar-refractivity contribution in [2.24, 2.45) is 0 Å². The Morgan fingerprint density at radius 2 is 1.91 bits per heavy atom. The number of hydrogen-bond acceptors (Lipinski definition) is 5. The van der Waals surface area contributed by atoms with Gasteiger partial charge in [0.2, 0.25) is 0 Å². The third-order valence-corrected chi connectivity index (χ3v) is 6.53. The molecule has 3 aromatic rings. The molecule has 0 fully saturated rings. The number of nitrogens with zero attached hydrogens (tertiary/aromatic N) is 2. The normalized spacial score (nSPS) is 17.3. The Bertz CT molecular complexity index is 1190. The Balaban J connectivity index is 1.66. The molecule has 1 unspecified atom stereocenters. The summed E-state index contributed by atoms with van der Waals surface area (Å²) < 4.78 is 15.3. The minimum absolute atomic E-state index is 0.128. The van der Waals surface area contributed by atoms with Gasteiger partial charge in [0.05, 0.1) is 29.3 Å². The highest BCUT2D eigenvalue weighted by molar-refractivity contribution is 6.30. The Morgan fingerprint density at radius 1 is 1.20 bits per heavy atom. The summed E-state index contributed by atoms with van der Waals surface area (Å²) in [6.45, 7) is 0. The van der Waals surface area contributed by atoms with Crippen molar-refractivity contribution < 1.29 is 24.5 Å². The molecule has 35 heavy (non-hydrogen) atoms. The van der Waals surface area contributed by atoms with Crippen molar-refractivity contribution in [3.05, 3.63) is 88.0 Å². The molecule has 0 saturated carbocycles. The monoisotopic (exact) mass is 497 g/mol. The lowest BCUT2D eigenvalue weighted by atomic mass is 9.83. The number of carboxylic acid groups (broad SMARTS) is 1. The summed E-state index contributed by atoms with van der Waals surface area (Å²) in [4.78, 5) is 10.7. The van der Waals surface area contributed by atoms with Gasteiger partial charge in [-0.25, -0.2) is 9.07 Å². The van der Waals surface area contributed by atoms with Crippen LogP contribution in [0.2, 0.25) is 5.02 Å². The maximum atomic E-state index is 13.6. The average molecular weight is 498 g/mol. The zero-order valence-electron chi connectivity index (χ0n) is 19.1. The van der Waals surface area contributed by atoms with Gasteiger partial charge in [-0.1, -0.05) is 29.8 Å². The molecular formula is C27H27ClFN2O4-. The van der Waals surface area contributed by atoms with E-state index in [-0.39, 0.29) is 18.2 Å². The van der Waals surface area contributed by atoms with Gasteiger partial charge in [-0.05, 0) is 73.7 Å². The van der Waals surface area contributed by atoms with Gasteiger partial charge in [0, 0.05) is 35.3 Å². The van der Waals surface area contributed by atoms with Gasteiger partial charge in [-0.2, -0.15) is 5.10 Å². The number of aliphatic carboxylic acids is 1. The molecule has 0 bridgehead atoms. The van der Waals surface area contributed by atoms with Gasteiger partial charge in [-0.3, -0.25) is 0 Å². The lowest BCUT2D eigenvalue weighted by molar-refractivity contribution is -0.307. The van der Waals surface area contributed by atoms with E-state index in [0.29, 0.717) is 10.7 Å². The fourth-order valence-corrected chi connectivity index (χ4v) is 4.74. The smallest absolute Gasteiger partial charge is 0.123 e. The number of carbonyl (C=O) groups is 1. The highest BCUT2D eigenvalue weighted by Crippen LogP contribution is 2.37. The molecule has 0 aliphatic heterocycles. The molecule has 3 atom stereocenters. The summed E-state index contributed by atoms with van der Waals surface area (Å²) in [5.74, 6) is -1.52. The molecular weight excluding hydrogens is 471 g/mol. The molecule has 1 aliphatic rings. The van der Waals surface area contributed by atoms with Crippen molar-refractivity contribution in [2.75, 3.05) is 0 Å². The van der Waals surface area contributed by atoms with Crippen molar-refractivity contribution in [1.29, 1.82) is 0 Å². The van der Waals surface area contributed by atoms with Crippen LogP contribution < -0.4 is 5.11 Å². The summed E-state index contributed by atoms with van der Waals surface area (Å²) in [5, 5.41) is 36.5. The Morgan fingerprint density at radius 3 is 2.60 bits per heavy atom. The van der Waals surface area contributed by atoms with Crippen LogP contribution in [0.4, 0.5) is 4.39 Å². The van der Waals surface area contributed by atoms with Crippen molar-refractivity contribution in [1.82, 2.24) is 9.78 Å². The maximum absolute atomic E-state index is 13.6. The van der Waals surface area contributed by atoms with Gasteiger partial charge in [0.15, 0.2) is 0 Å². The van der Waals surface area contributed by atoms with Crippen LogP contribution in [-0.2, 0) is 17.6 Å². The van der Waals surface area contributed by atoms with Crippen molar-refractivity contribution in [3.63, 3.8) is 0 Å². The van der Waals surface area contributed by atoms with Crippen molar-refractivity contribution in [2.45, 2.75) is 56.7 Å². The lowest BCUT2D eigenvalue weighted by Crippen LogP contribution is -2.29. The zero-order valence-corrected chi connectivity index (χ0v) is 19.9. The number of rotatable bonds is 9. The van der Waals surface area contributed by atoms with E-state index in [1.807, 2.05) is 24.3 Å². The van der Waals surface area contributed by atoms with E-state index in [4.69, 9.17) is 16.7 Å². The molecule has 0 radical (unpaired) electrons. The number of fused-ring (bicyclic) bond motifs is 1. The molecule has 1 aromatic heterocycles. The largest absolute Gasteiger partial charge is 0.550 e. The SMILES string of the molecule is O=C([O-])C[C@H](O)C[C@H](O)/C=C/c1c2c(nn1-c1ccc(F)cc1)C(Cc1ccc(Cl)cc1)CCC2. The molecule has 1 heterocycles. The molecule has 8 heteroatoms. The second-order valence-corrected chi connectivity index (χ2v) is 9.39. The van der Waals surface area contributed by atoms with Gasteiger partial charge in [0.1, 0.15) is 5.82 Å². The molecule has 0 saturated heterocycles. The highest BCUT2D eigenvalue weighted by Gasteiger charge is 2.28. The van der Waals surface area contributed by atoms with Crippen LogP contribution >= 0.6 is 11.6 Å². The van der Waals surface area contributed by atoms with Crippen molar-refractivity contribution in [3.8, 4) is 5.69 Å². The molecule has 0 spiro atoms. The van der Waals surface area contributed by atoms with E-state index in [1.54, 1.807) is 22.9 Å². The fourth-order valence-electron chi connectivity index (χ4n) is 4.62. The zero-order chi connectivity index (χ0) is 24.9. The third-order valence-electron chi connectivity index (χ3n) is 6.28. The van der Waals surface area contributed by atoms with Crippen LogP contribution in [0.1, 0.15) is 54.1 Å². The number of aliphatic hydroxyl groups is 2. The van der Waals surface area contributed by atoms with E-state index in [1.165, 1.54) is 18.2 Å². The first-order valence-electron chi connectivity index (χ1n) is 11.7. The number of carboxylic acids is 1. The molecule has 6 nitrogen and oxygen atoms in total. The number of halogens is 2. The van der Waals surface area contributed by atoms with Gasteiger partial charge >= 0.3 is 0 Å². The van der Waals surface area contributed by atoms with Gasteiger partial charge < -0.3 is 20.1 Å². The number of aromatic nitrogens is 2. The van der Waals surface area contributed by atoms with Crippen LogP contribution in [0.15, 0.2) is 54.6 Å². The summed E-state index contributed by atoms with van der Waals surface area (Å²) >= 11 is 6.04. The number of aliphatic hydroxyl groups excluding tert-OH is 2. The molecule has 1 aliphatic carbocycles. The minimum Gasteiger partial charge on any atom is -0.550 e. The average Bonchev–Trinajstić information content (AvgIpc) is 3.18. The predicted octanol–water partition coefficient (Wildman–Crippen LogP) is 3.59. The highest BCUT2D eigenvalue weighted by atomic mass is 35.5. The number of benzene rings is 2. The predicted molar refractivity (Wildman–Crippen MR) is 130 cm³/mol. The van der Waals surface area contributed by atoms with E-state index < -0.39 is 24.6 Å². The maximum Gasteiger partial charge on any atom is 0.123 e. The standard InChI is InChI=1S/C27H28ClFN2O4/c28-19-6-4-17(5-7-19)14-18-2-1-3-24-25(13-12-22(32)15-23(33)16-26(34)35)31(30-27(18)24)21-10-8-20(29)9-11-21/h4-13,18,22-23,32-33H,1-3,14-16H2,(H,34,35)/p-1/b13-12+/t18?,22-,23-/m1/s1. The summed E-state index contributed by atoms with van der Waals surface area (Å²) in [6, 6.07) is 13.8. The fraction of sp³-hybridized carbons (Fsp3) is 0.333. The van der Waals surface area contributed by atoms with Crippen LogP contribution in [-0.4, -0.2) is 38.2 Å². The van der Waals surface area contributed by atoms with Crippen LogP contribution in [0.25, 0.3) is 11.8 Å². The Kier molecular flexibility index (Phi) is 8.00. The summed E-state index contributed by atoms with van der Waals surface area (Å²) in [5.41, 5.74) is 4.68. The number of hydrogen-bond donors (Lipinski definition) is 2. The van der Waals surface area contributed by atoms with E-state index >= 15 is 0 Å². The molecule has 184 valence electrons. The first-order valence-corrected chi connectivity index (χ1v) is 12.0. The lowest BCUT2D eigenvalue weighted by Gasteiger charge is -2.21. The van der Waals surface area contributed by atoms with Gasteiger partial charge in [0.25, 0.3) is 0 Å². The second kappa shape index (κ2) is 11.2. The first kappa shape index (κ1) is 25.1. The Hall–Kier alpha value is -3.00. The van der Waals surface area contributed by atoms with E-state index in [9.17, 15) is 24.5 Å². The van der Waals surface area contributed by atoms with E-state index in [2.05, 4.69) is 0 Å². The van der Waals surface area contributed by atoms with Crippen molar-refractivity contribution >= 4 is 23.6 Å².